The van der Waals surface area contributed by atoms with E-state index in [1.54, 1.807) is 24.2 Å². The summed E-state index contributed by atoms with van der Waals surface area (Å²) in [6, 6.07) is 22.8. The Kier molecular flexibility index (Phi) is 4.21. The van der Waals surface area contributed by atoms with Gasteiger partial charge in [0.15, 0.2) is 0 Å². The molecule has 2 aromatic carbocycles. The summed E-state index contributed by atoms with van der Waals surface area (Å²) in [5.41, 5.74) is 3.22. The molecule has 3 nitrogen and oxygen atoms in total. The molecule has 2 aromatic heterocycles. The molecule has 0 unspecified atom stereocenters. The number of fused-ring (bicyclic) bond motifs is 1. The largest absolute Gasteiger partial charge is 0.265 e. The Hall–Kier alpha value is -2.72. The van der Waals surface area contributed by atoms with Crippen LogP contribution in [0.15, 0.2) is 84.1 Å². The van der Waals surface area contributed by atoms with Crippen molar-refractivity contribution in [1.82, 2.24) is 15.2 Å². The van der Waals surface area contributed by atoms with Gasteiger partial charge in [-0.15, -0.1) is 10.2 Å². The predicted molar refractivity (Wildman–Crippen MR) is 98.8 cm³/mol. The lowest BCUT2D eigenvalue weighted by molar-refractivity contribution is 0.935. The van der Waals surface area contributed by atoms with Gasteiger partial charge < -0.3 is 0 Å². The summed E-state index contributed by atoms with van der Waals surface area (Å²) in [6.07, 6.45) is 3.53. The molecule has 0 fully saturated rings. The number of benzene rings is 2. The van der Waals surface area contributed by atoms with Gasteiger partial charge in [0.25, 0.3) is 0 Å². The summed E-state index contributed by atoms with van der Waals surface area (Å²) in [7, 11) is 0. The van der Waals surface area contributed by atoms with E-state index in [0.717, 1.165) is 22.0 Å². The minimum Gasteiger partial charge on any atom is -0.265 e. The quantitative estimate of drug-likeness (QED) is 0.495. The molecular formula is C20H15N3S. The Morgan fingerprint density at radius 1 is 0.750 bits per heavy atom. The molecule has 4 rings (SSSR count). The second-order valence-electron chi connectivity index (χ2n) is 5.42. The van der Waals surface area contributed by atoms with E-state index in [0.29, 0.717) is 0 Å². The highest BCUT2D eigenvalue weighted by Gasteiger charge is 2.04. The van der Waals surface area contributed by atoms with Gasteiger partial charge in [0.05, 0.1) is 5.69 Å². The van der Waals surface area contributed by atoms with E-state index in [1.807, 2.05) is 24.3 Å². The molecule has 0 N–H and O–H groups in total. The minimum atomic E-state index is 0.868. The zero-order valence-electron chi connectivity index (χ0n) is 13.0. The van der Waals surface area contributed by atoms with E-state index in [-0.39, 0.29) is 0 Å². The molecule has 2 heterocycles. The van der Waals surface area contributed by atoms with Crippen LogP contribution in [-0.4, -0.2) is 15.2 Å². The standard InChI is InChI=1S/C20H15N3S/c1-2-7-18-15(4-1)5-3-6-17(18)14-24-20-9-8-19(22-23-20)16-10-12-21-13-11-16/h1-13H,14H2. The average Bonchev–Trinajstić information content (AvgIpc) is 2.67. The molecule has 0 aliphatic rings. The predicted octanol–water partition coefficient (Wildman–Crippen LogP) is 4.98. The van der Waals surface area contributed by atoms with Crippen molar-refractivity contribution in [1.29, 1.82) is 0 Å². The molecule has 4 heteroatoms. The lowest BCUT2D eigenvalue weighted by atomic mass is 10.1. The van der Waals surface area contributed by atoms with Crippen molar-refractivity contribution < 1.29 is 0 Å². The van der Waals surface area contributed by atoms with Gasteiger partial charge in [0.2, 0.25) is 0 Å². The number of aromatic nitrogens is 3. The van der Waals surface area contributed by atoms with Crippen LogP contribution in [0.2, 0.25) is 0 Å². The Morgan fingerprint density at radius 2 is 1.58 bits per heavy atom. The van der Waals surface area contributed by atoms with Crippen LogP contribution in [0.3, 0.4) is 0 Å². The van der Waals surface area contributed by atoms with Crippen LogP contribution in [0.25, 0.3) is 22.0 Å². The molecule has 0 aliphatic heterocycles. The number of nitrogens with zero attached hydrogens (tertiary/aromatic N) is 3. The number of thioether (sulfide) groups is 1. The van der Waals surface area contributed by atoms with Crippen LogP contribution in [-0.2, 0) is 5.75 Å². The fourth-order valence-corrected chi connectivity index (χ4v) is 3.46. The molecular weight excluding hydrogens is 314 g/mol. The second kappa shape index (κ2) is 6.81. The van der Waals surface area contributed by atoms with Gasteiger partial charge in [-0.05, 0) is 40.6 Å². The van der Waals surface area contributed by atoms with Crippen molar-refractivity contribution in [3.05, 3.63) is 84.7 Å². The van der Waals surface area contributed by atoms with Crippen LogP contribution in [0, 0.1) is 0 Å². The van der Waals surface area contributed by atoms with Crippen LogP contribution in [0.5, 0.6) is 0 Å². The topological polar surface area (TPSA) is 38.7 Å². The van der Waals surface area contributed by atoms with Crippen LogP contribution >= 0.6 is 11.8 Å². The molecule has 4 aromatic rings. The molecule has 0 atom stereocenters. The first-order chi connectivity index (χ1) is 11.9. The maximum Gasteiger partial charge on any atom is 0.119 e. The van der Waals surface area contributed by atoms with Gasteiger partial charge >= 0.3 is 0 Å². The zero-order valence-corrected chi connectivity index (χ0v) is 13.8. The number of hydrogen-bond acceptors (Lipinski definition) is 4. The molecule has 0 bridgehead atoms. The highest BCUT2D eigenvalue weighted by molar-refractivity contribution is 7.98. The maximum absolute atomic E-state index is 4.34. The Morgan fingerprint density at radius 3 is 2.42 bits per heavy atom. The summed E-state index contributed by atoms with van der Waals surface area (Å²) in [4.78, 5) is 4.02. The Balaban J connectivity index is 1.52. The molecule has 0 saturated heterocycles. The van der Waals surface area contributed by atoms with Gasteiger partial charge in [-0.25, -0.2) is 0 Å². The van der Waals surface area contributed by atoms with E-state index in [4.69, 9.17) is 0 Å². The number of hydrogen-bond donors (Lipinski definition) is 0. The first-order valence-corrected chi connectivity index (χ1v) is 8.72. The smallest absolute Gasteiger partial charge is 0.119 e. The molecule has 24 heavy (non-hydrogen) atoms. The number of rotatable bonds is 4. The van der Waals surface area contributed by atoms with Gasteiger partial charge in [0.1, 0.15) is 5.03 Å². The van der Waals surface area contributed by atoms with E-state index in [1.165, 1.54) is 16.3 Å². The molecule has 0 radical (unpaired) electrons. The van der Waals surface area contributed by atoms with Crippen LogP contribution in [0.1, 0.15) is 5.56 Å². The normalized spacial score (nSPS) is 10.8. The molecule has 0 aliphatic carbocycles. The molecule has 0 saturated carbocycles. The lowest BCUT2D eigenvalue weighted by Crippen LogP contribution is -1.90. The summed E-state index contributed by atoms with van der Waals surface area (Å²) in [5.74, 6) is 0.880. The van der Waals surface area contributed by atoms with Crippen molar-refractivity contribution in [3.63, 3.8) is 0 Å². The monoisotopic (exact) mass is 329 g/mol. The molecule has 0 spiro atoms. The van der Waals surface area contributed by atoms with Gasteiger partial charge in [-0.1, -0.05) is 54.2 Å². The average molecular weight is 329 g/mol. The summed E-state index contributed by atoms with van der Waals surface area (Å²) in [5, 5.41) is 12.2. The third-order valence-electron chi connectivity index (χ3n) is 3.87. The van der Waals surface area contributed by atoms with Crippen molar-refractivity contribution >= 4 is 22.5 Å². The lowest BCUT2D eigenvalue weighted by Gasteiger charge is -2.06. The first-order valence-electron chi connectivity index (χ1n) is 7.74. The molecule has 116 valence electrons. The van der Waals surface area contributed by atoms with Crippen LogP contribution in [0.4, 0.5) is 0 Å². The van der Waals surface area contributed by atoms with E-state index < -0.39 is 0 Å². The maximum atomic E-state index is 4.34. The fourth-order valence-electron chi connectivity index (χ4n) is 2.64. The number of pyridine rings is 1. The SMILES string of the molecule is c1ccc2c(CSc3ccc(-c4ccncc4)nn3)cccc2c1. The van der Waals surface area contributed by atoms with E-state index in [2.05, 4.69) is 57.6 Å². The molecule has 0 amide bonds. The Bertz CT molecular complexity index is 948. The van der Waals surface area contributed by atoms with E-state index in [9.17, 15) is 0 Å². The summed E-state index contributed by atoms with van der Waals surface area (Å²) < 4.78 is 0. The van der Waals surface area contributed by atoms with Crippen molar-refractivity contribution in [2.24, 2.45) is 0 Å². The van der Waals surface area contributed by atoms with E-state index >= 15 is 0 Å². The van der Waals surface area contributed by atoms with Crippen molar-refractivity contribution in [2.75, 3.05) is 0 Å². The van der Waals surface area contributed by atoms with Gasteiger partial charge in [-0.3, -0.25) is 4.98 Å². The highest BCUT2D eigenvalue weighted by atomic mass is 32.2. The summed E-state index contributed by atoms with van der Waals surface area (Å²) in [6.45, 7) is 0. The third-order valence-corrected chi connectivity index (χ3v) is 4.84. The van der Waals surface area contributed by atoms with Gasteiger partial charge in [0, 0.05) is 23.7 Å². The van der Waals surface area contributed by atoms with Crippen molar-refractivity contribution in [3.8, 4) is 11.3 Å². The fraction of sp³-hybridized carbons (Fsp3) is 0.0500. The second-order valence-corrected chi connectivity index (χ2v) is 6.42. The zero-order chi connectivity index (χ0) is 16.2. The van der Waals surface area contributed by atoms with Gasteiger partial charge in [-0.2, -0.15) is 0 Å². The van der Waals surface area contributed by atoms with Crippen LogP contribution < -0.4 is 0 Å². The third kappa shape index (κ3) is 3.14. The Labute approximate surface area is 144 Å². The van der Waals surface area contributed by atoms with Crippen molar-refractivity contribution in [2.45, 2.75) is 10.8 Å². The minimum absolute atomic E-state index is 0.868. The summed E-state index contributed by atoms with van der Waals surface area (Å²) >= 11 is 1.71. The highest BCUT2D eigenvalue weighted by Crippen LogP contribution is 2.26. The first kappa shape index (κ1) is 14.8.